The number of piperidine rings is 1. The third kappa shape index (κ3) is 3.71. The Morgan fingerprint density at radius 3 is 2.71 bits per heavy atom. The summed E-state index contributed by atoms with van der Waals surface area (Å²) in [4.78, 5) is 24.3. The highest BCUT2D eigenvalue weighted by Gasteiger charge is 2.21. The molecule has 0 unspecified atom stereocenters. The number of carbonyl (C=O) groups excluding carboxylic acids is 1. The van der Waals surface area contributed by atoms with Crippen LogP contribution in [0, 0.1) is 23.0 Å². The van der Waals surface area contributed by atoms with Crippen LogP contribution in [0.3, 0.4) is 0 Å². The predicted octanol–water partition coefficient (Wildman–Crippen LogP) is 2.54. The fourth-order valence-corrected chi connectivity index (χ4v) is 2.45. The number of nitro groups is 1. The number of benzene rings is 1. The molecule has 1 aromatic rings. The van der Waals surface area contributed by atoms with E-state index in [1.165, 1.54) is 6.07 Å². The lowest BCUT2D eigenvalue weighted by Gasteiger charge is -2.30. The van der Waals surface area contributed by atoms with Crippen LogP contribution in [0.4, 0.5) is 5.69 Å². The van der Waals surface area contributed by atoms with E-state index in [0.29, 0.717) is 17.2 Å². The van der Waals surface area contributed by atoms with E-state index in [4.69, 9.17) is 4.74 Å². The van der Waals surface area contributed by atoms with Gasteiger partial charge < -0.3 is 9.64 Å². The number of nitro benzene ring substituents is 1. The lowest BCUT2D eigenvalue weighted by Crippen LogP contribution is -2.40. The lowest BCUT2D eigenvalue weighted by atomic mass is 9.99. The van der Waals surface area contributed by atoms with E-state index in [0.717, 1.165) is 25.9 Å². The molecule has 0 bridgehead atoms. The van der Waals surface area contributed by atoms with Gasteiger partial charge in [0, 0.05) is 19.2 Å². The Hall–Kier alpha value is -2.11. The van der Waals surface area contributed by atoms with Crippen molar-refractivity contribution in [2.45, 2.75) is 26.7 Å². The number of amides is 1. The summed E-state index contributed by atoms with van der Waals surface area (Å²) in [6.07, 6.45) is 2.03. The van der Waals surface area contributed by atoms with Gasteiger partial charge in [-0.1, -0.05) is 13.0 Å². The SMILES string of the molecule is Cc1c(OCC(=O)N2CCC(C)CC2)cccc1[N+](=O)[O-]. The van der Waals surface area contributed by atoms with Crippen molar-refractivity contribution >= 4 is 11.6 Å². The summed E-state index contributed by atoms with van der Waals surface area (Å²) in [6.45, 7) is 5.26. The lowest BCUT2D eigenvalue weighted by molar-refractivity contribution is -0.385. The fourth-order valence-electron chi connectivity index (χ4n) is 2.45. The minimum atomic E-state index is -0.448. The second kappa shape index (κ2) is 6.56. The van der Waals surface area contributed by atoms with Crippen molar-refractivity contribution in [2.75, 3.05) is 19.7 Å². The standard InChI is InChI=1S/C15H20N2O4/c1-11-6-8-16(9-7-11)15(18)10-21-14-5-3-4-13(12(14)2)17(19)20/h3-5,11H,6-10H2,1-2H3. The maximum atomic E-state index is 12.1. The molecule has 0 aliphatic carbocycles. The predicted molar refractivity (Wildman–Crippen MR) is 78.3 cm³/mol. The van der Waals surface area contributed by atoms with E-state index in [1.54, 1.807) is 24.0 Å². The second-order valence-corrected chi connectivity index (χ2v) is 5.51. The summed E-state index contributed by atoms with van der Waals surface area (Å²) in [5.74, 6) is 0.990. The first-order valence-electron chi connectivity index (χ1n) is 7.13. The molecule has 6 heteroatoms. The molecule has 6 nitrogen and oxygen atoms in total. The molecule has 114 valence electrons. The highest BCUT2D eigenvalue weighted by atomic mass is 16.6. The molecule has 2 rings (SSSR count). The number of rotatable bonds is 4. The maximum absolute atomic E-state index is 12.1. The topological polar surface area (TPSA) is 72.7 Å². The number of ether oxygens (including phenoxy) is 1. The van der Waals surface area contributed by atoms with E-state index < -0.39 is 4.92 Å². The van der Waals surface area contributed by atoms with Crippen molar-refractivity contribution in [1.29, 1.82) is 0 Å². The third-order valence-corrected chi connectivity index (χ3v) is 3.94. The maximum Gasteiger partial charge on any atom is 0.276 e. The summed E-state index contributed by atoms with van der Waals surface area (Å²) in [6, 6.07) is 4.64. The van der Waals surface area contributed by atoms with Crippen molar-refractivity contribution in [3.63, 3.8) is 0 Å². The highest BCUT2D eigenvalue weighted by molar-refractivity contribution is 5.78. The van der Waals surface area contributed by atoms with E-state index in [9.17, 15) is 14.9 Å². The largest absolute Gasteiger partial charge is 0.483 e. The van der Waals surface area contributed by atoms with E-state index in [-0.39, 0.29) is 18.2 Å². The molecule has 0 N–H and O–H groups in total. The van der Waals surface area contributed by atoms with Crippen LogP contribution in [-0.2, 0) is 4.79 Å². The van der Waals surface area contributed by atoms with Gasteiger partial charge in [0.2, 0.25) is 0 Å². The zero-order valence-electron chi connectivity index (χ0n) is 12.4. The Balaban J connectivity index is 1.95. The summed E-state index contributed by atoms with van der Waals surface area (Å²) in [5.41, 5.74) is 0.453. The summed E-state index contributed by atoms with van der Waals surface area (Å²) >= 11 is 0. The molecule has 0 aromatic heterocycles. The van der Waals surface area contributed by atoms with Crippen molar-refractivity contribution in [1.82, 2.24) is 4.90 Å². The van der Waals surface area contributed by atoms with Gasteiger partial charge in [-0.15, -0.1) is 0 Å². The van der Waals surface area contributed by atoms with E-state index in [1.807, 2.05) is 0 Å². The summed E-state index contributed by atoms with van der Waals surface area (Å²) in [5, 5.41) is 10.9. The van der Waals surface area contributed by atoms with Crippen LogP contribution < -0.4 is 4.74 Å². The molecular formula is C15H20N2O4. The number of hydrogen-bond acceptors (Lipinski definition) is 4. The Labute approximate surface area is 123 Å². The molecule has 0 radical (unpaired) electrons. The highest BCUT2D eigenvalue weighted by Crippen LogP contribution is 2.27. The zero-order valence-corrected chi connectivity index (χ0v) is 12.4. The van der Waals surface area contributed by atoms with Crippen LogP contribution in [-0.4, -0.2) is 35.4 Å². The fraction of sp³-hybridized carbons (Fsp3) is 0.533. The molecule has 1 fully saturated rings. The Morgan fingerprint density at radius 2 is 2.10 bits per heavy atom. The summed E-state index contributed by atoms with van der Waals surface area (Å²) in [7, 11) is 0. The van der Waals surface area contributed by atoms with Crippen LogP contribution in [0.5, 0.6) is 5.75 Å². The van der Waals surface area contributed by atoms with Crippen molar-refractivity contribution in [3.05, 3.63) is 33.9 Å². The Bertz CT molecular complexity index is 536. The van der Waals surface area contributed by atoms with E-state index in [2.05, 4.69) is 6.92 Å². The quantitative estimate of drug-likeness (QED) is 0.631. The Morgan fingerprint density at radius 1 is 1.43 bits per heavy atom. The van der Waals surface area contributed by atoms with Gasteiger partial charge in [0.25, 0.3) is 11.6 Å². The zero-order chi connectivity index (χ0) is 15.4. The van der Waals surface area contributed by atoms with Gasteiger partial charge in [0.15, 0.2) is 6.61 Å². The first-order valence-corrected chi connectivity index (χ1v) is 7.13. The summed E-state index contributed by atoms with van der Waals surface area (Å²) < 4.78 is 5.47. The molecular weight excluding hydrogens is 272 g/mol. The average molecular weight is 292 g/mol. The number of hydrogen-bond donors (Lipinski definition) is 0. The molecule has 0 atom stereocenters. The molecule has 0 spiro atoms. The number of nitrogens with zero attached hydrogens (tertiary/aromatic N) is 2. The van der Waals surface area contributed by atoms with Gasteiger partial charge in [-0.2, -0.15) is 0 Å². The molecule has 1 aliphatic heterocycles. The second-order valence-electron chi connectivity index (χ2n) is 5.51. The van der Waals surface area contributed by atoms with Crippen LogP contribution in [0.25, 0.3) is 0 Å². The normalized spacial score (nSPS) is 15.8. The van der Waals surface area contributed by atoms with Crippen LogP contribution in [0.1, 0.15) is 25.3 Å². The molecule has 21 heavy (non-hydrogen) atoms. The number of carbonyl (C=O) groups is 1. The Kier molecular flexibility index (Phi) is 4.77. The first-order chi connectivity index (χ1) is 9.99. The molecule has 1 heterocycles. The molecule has 1 aromatic carbocycles. The smallest absolute Gasteiger partial charge is 0.276 e. The van der Waals surface area contributed by atoms with Gasteiger partial charge in [-0.05, 0) is 31.7 Å². The van der Waals surface area contributed by atoms with Crippen molar-refractivity contribution in [3.8, 4) is 5.75 Å². The van der Waals surface area contributed by atoms with Gasteiger partial charge in [0.1, 0.15) is 5.75 Å². The van der Waals surface area contributed by atoms with Crippen molar-refractivity contribution in [2.24, 2.45) is 5.92 Å². The van der Waals surface area contributed by atoms with Gasteiger partial charge in [-0.25, -0.2) is 0 Å². The van der Waals surface area contributed by atoms with Gasteiger partial charge in [0.05, 0.1) is 10.5 Å². The van der Waals surface area contributed by atoms with Crippen LogP contribution in [0.2, 0.25) is 0 Å². The third-order valence-electron chi connectivity index (χ3n) is 3.94. The molecule has 1 amide bonds. The monoisotopic (exact) mass is 292 g/mol. The van der Waals surface area contributed by atoms with Crippen molar-refractivity contribution < 1.29 is 14.5 Å². The van der Waals surface area contributed by atoms with Crippen LogP contribution in [0.15, 0.2) is 18.2 Å². The van der Waals surface area contributed by atoms with Gasteiger partial charge in [-0.3, -0.25) is 14.9 Å². The number of likely N-dealkylation sites (tertiary alicyclic amines) is 1. The molecule has 1 saturated heterocycles. The van der Waals surface area contributed by atoms with Gasteiger partial charge >= 0.3 is 0 Å². The molecule has 1 aliphatic rings. The first kappa shape index (κ1) is 15.3. The van der Waals surface area contributed by atoms with Crippen LogP contribution >= 0.6 is 0 Å². The minimum Gasteiger partial charge on any atom is -0.483 e. The average Bonchev–Trinajstić information content (AvgIpc) is 2.46. The molecule has 0 saturated carbocycles. The van der Waals surface area contributed by atoms with E-state index >= 15 is 0 Å². The minimum absolute atomic E-state index is 0.00625.